The number of hydrogen-bond donors (Lipinski definition) is 1. The maximum atomic E-state index is 13.5. The predicted octanol–water partition coefficient (Wildman–Crippen LogP) is 2.98. The molecule has 0 amide bonds. The van der Waals surface area contributed by atoms with Crippen molar-refractivity contribution in [2.75, 3.05) is 13.1 Å². The fourth-order valence-corrected chi connectivity index (χ4v) is 2.70. The van der Waals surface area contributed by atoms with E-state index in [1.54, 1.807) is 6.07 Å². The standard InChI is InChI=1S/C14H18ClFN4/c1-18-14(17)19-20-5-3-2-4-10(9-20)11-6-12(15)8-13(16)7-11/h6-8,10H,1-5,9H2,(H2,17,19)/t10-/m1/s1. The van der Waals surface area contributed by atoms with Crippen LogP contribution in [0.3, 0.4) is 0 Å². The average molecular weight is 297 g/mol. The first kappa shape index (κ1) is 14.8. The van der Waals surface area contributed by atoms with E-state index in [-0.39, 0.29) is 17.7 Å². The highest BCUT2D eigenvalue weighted by atomic mass is 35.5. The molecule has 2 rings (SSSR count). The third-order valence-corrected chi connectivity index (χ3v) is 3.63. The monoisotopic (exact) mass is 296 g/mol. The molecule has 1 atom stereocenters. The van der Waals surface area contributed by atoms with Gasteiger partial charge in [-0.3, -0.25) is 5.01 Å². The Morgan fingerprint density at radius 2 is 2.20 bits per heavy atom. The minimum absolute atomic E-state index is 0.155. The van der Waals surface area contributed by atoms with Crippen LogP contribution in [0.2, 0.25) is 5.02 Å². The molecular formula is C14H18ClFN4. The van der Waals surface area contributed by atoms with Crippen LogP contribution in [-0.2, 0) is 0 Å². The van der Waals surface area contributed by atoms with Gasteiger partial charge in [-0.2, -0.15) is 0 Å². The number of hydrazone groups is 1. The van der Waals surface area contributed by atoms with Crippen molar-refractivity contribution in [3.63, 3.8) is 0 Å². The Bertz CT molecular complexity index is 498. The molecule has 1 aromatic carbocycles. The maximum Gasteiger partial charge on any atom is 0.236 e. The molecule has 0 saturated carbocycles. The zero-order valence-corrected chi connectivity index (χ0v) is 12.0. The molecule has 1 aromatic rings. The summed E-state index contributed by atoms with van der Waals surface area (Å²) < 4.78 is 13.5. The summed E-state index contributed by atoms with van der Waals surface area (Å²) in [6.07, 6.45) is 3.06. The van der Waals surface area contributed by atoms with Crippen LogP contribution in [0.4, 0.5) is 4.39 Å². The second kappa shape index (κ2) is 6.70. The first-order valence-electron chi connectivity index (χ1n) is 6.60. The summed E-state index contributed by atoms with van der Waals surface area (Å²) >= 11 is 5.93. The van der Waals surface area contributed by atoms with Crippen LogP contribution in [0.25, 0.3) is 0 Å². The van der Waals surface area contributed by atoms with E-state index in [0.29, 0.717) is 11.6 Å². The molecule has 1 aliphatic rings. The highest BCUT2D eigenvalue weighted by Crippen LogP contribution is 2.29. The molecule has 0 aromatic heterocycles. The van der Waals surface area contributed by atoms with Crippen LogP contribution < -0.4 is 5.73 Å². The van der Waals surface area contributed by atoms with Crippen LogP contribution >= 0.6 is 11.6 Å². The zero-order chi connectivity index (χ0) is 14.5. The lowest BCUT2D eigenvalue weighted by Crippen LogP contribution is -2.26. The number of hydrogen-bond acceptors (Lipinski definition) is 2. The largest absolute Gasteiger partial charge is 0.367 e. The summed E-state index contributed by atoms with van der Waals surface area (Å²) in [5.41, 5.74) is 6.49. The molecule has 0 bridgehead atoms. The lowest BCUT2D eigenvalue weighted by Gasteiger charge is -2.22. The molecule has 1 fully saturated rings. The van der Waals surface area contributed by atoms with Gasteiger partial charge in [0.15, 0.2) is 0 Å². The lowest BCUT2D eigenvalue weighted by atomic mass is 9.94. The van der Waals surface area contributed by atoms with Gasteiger partial charge in [0.05, 0.1) is 0 Å². The third kappa shape index (κ3) is 3.93. The first-order chi connectivity index (χ1) is 9.58. The van der Waals surface area contributed by atoms with Gasteiger partial charge in [0, 0.05) is 24.0 Å². The molecule has 0 spiro atoms. The highest BCUT2D eigenvalue weighted by molar-refractivity contribution is 6.30. The lowest BCUT2D eigenvalue weighted by molar-refractivity contribution is 0.286. The van der Waals surface area contributed by atoms with Gasteiger partial charge < -0.3 is 5.73 Å². The van der Waals surface area contributed by atoms with Gasteiger partial charge in [0.2, 0.25) is 5.96 Å². The summed E-state index contributed by atoms with van der Waals surface area (Å²) in [6.45, 7) is 4.84. The van der Waals surface area contributed by atoms with Crippen molar-refractivity contribution in [3.05, 3.63) is 34.6 Å². The summed E-state index contributed by atoms with van der Waals surface area (Å²) in [7, 11) is 0. The van der Waals surface area contributed by atoms with Gasteiger partial charge in [0.1, 0.15) is 5.82 Å². The number of nitrogens with zero attached hydrogens (tertiary/aromatic N) is 3. The number of aliphatic imine (C=N–C) groups is 1. The van der Waals surface area contributed by atoms with Crippen molar-refractivity contribution < 1.29 is 4.39 Å². The van der Waals surface area contributed by atoms with Crippen LogP contribution in [0.5, 0.6) is 0 Å². The van der Waals surface area contributed by atoms with E-state index in [2.05, 4.69) is 16.8 Å². The number of benzene rings is 1. The van der Waals surface area contributed by atoms with Crippen LogP contribution in [0, 0.1) is 5.82 Å². The average Bonchev–Trinajstić information content (AvgIpc) is 2.63. The van der Waals surface area contributed by atoms with Crippen molar-refractivity contribution in [2.24, 2.45) is 15.8 Å². The van der Waals surface area contributed by atoms with Gasteiger partial charge in [-0.1, -0.05) is 18.0 Å². The molecule has 20 heavy (non-hydrogen) atoms. The SMILES string of the molecule is C=N/C(N)=N\N1CCCC[C@@H](c2cc(F)cc(Cl)c2)C1. The number of rotatable bonds is 2. The van der Waals surface area contributed by atoms with E-state index in [1.165, 1.54) is 6.07 Å². The van der Waals surface area contributed by atoms with Gasteiger partial charge in [-0.05, 0) is 43.3 Å². The van der Waals surface area contributed by atoms with Crippen LogP contribution in [0.15, 0.2) is 28.3 Å². The van der Waals surface area contributed by atoms with E-state index < -0.39 is 0 Å². The number of guanidine groups is 1. The minimum atomic E-state index is -0.306. The molecule has 4 nitrogen and oxygen atoms in total. The Kier molecular flexibility index (Phi) is 4.95. The van der Waals surface area contributed by atoms with Crippen LogP contribution in [0.1, 0.15) is 30.7 Å². The molecule has 1 aliphatic heterocycles. The smallest absolute Gasteiger partial charge is 0.236 e. The van der Waals surface area contributed by atoms with Gasteiger partial charge >= 0.3 is 0 Å². The summed E-state index contributed by atoms with van der Waals surface area (Å²) in [5.74, 6) is 0.0362. The maximum absolute atomic E-state index is 13.5. The fourth-order valence-electron chi connectivity index (χ4n) is 2.47. The molecule has 0 radical (unpaired) electrons. The molecule has 2 N–H and O–H groups in total. The third-order valence-electron chi connectivity index (χ3n) is 3.41. The molecule has 6 heteroatoms. The van der Waals surface area contributed by atoms with Crippen molar-refractivity contribution in [1.82, 2.24) is 5.01 Å². The Morgan fingerprint density at radius 3 is 2.90 bits per heavy atom. The van der Waals surface area contributed by atoms with Crippen molar-refractivity contribution in [3.8, 4) is 0 Å². The van der Waals surface area contributed by atoms with E-state index in [9.17, 15) is 4.39 Å². The second-order valence-electron chi connectivity index (χ2n) is 4.92. The molecule has 0 unspecified atom stereocenters. The normalized spacial score (nSPS) is 20.6. The summed E-state index contributed by atoms with van der Waals surface area (Å²) in [6, 6.07) is 4.67. The van der Waals surface area contributed by atoms with Crippen LogP contribution in [-0.4, -0.2) is 30.8 Å². The second-order valence-corrected chi connectivity index (χ2v) is 5.36. The summed E-state index contributed by atoms with van der Waals surface area (Å²) in [4.78, 5) is 3.59. The topological polar surface area (TPSA) is 54.0 Å². The molecule has 0 aliphatic carbocycles. The minimum Gasteiger partial charge on any atom is -0.367 e. The molecular weight excluding hydrogens is 279 g/mol. The van der Waals surface area contributed by atoms with E-state index >= 15 is 0 Å². The Morgan fingerprint density at radius 1 is 1.40 bits per heavy atom. The van der Waals surface area contributed by atoms with Gasteiger partial charge in [-0.15, -0.1) is 5.10 Å². The van der Waals surface area contributed by atoms with E-state index in [0.717, 1.165) is 31.4 Å². The first-order valence-corrected chi connectivity index (χ1v) is 6.98. The number of nitrogens with two attached hydrogens (primary N) is 1. The van der Waals surface area contributed by atoms with Crippen molar-refractivity contribution in [1.29, 1.82) is 0 Å². The van der Waals surface area contributed by atoms with Crippen molar-refractivity contribution in [2.45, 2.75) is 25.2 Å². The molecule has 1 heterocycles. The summed E-state index contributed by atoms with van der Waals surface area (Å²) in [5, 5.41) is 6.51. The zero-order valence-electron chi connectivity index (χ0n) is 11.2. The van der Waals surface area contributed by atoms with E-state index in [4.69, 9.17) is 17.3 Å². The quantitative estimate of drug-likeness (QED) is 0.674. The molecule has 108 valence electrons. The Labute approximate surface area is 123 Å². The van der Waals surface area contributed by atoms with Gasteiger partial charge in [0.25, 0.3) is 0 Å². The number of halogens is 2. The van der Waals surface area contributed by atoms with Crippen molar-refractivity contribution >= 4 is 24.3 Å². The molecule has 1 saturated heterocycles. The Balaban J connectivity index is 2.19. The Hall–Kier alpha value is -1.62. The van der Waals surface area contributed by atoms with Gasteiger partial charge in [-0.25, -0.2) is 9.38 Å². The predicted molar refractivity (Wildman–Crippen MR) is 80.7 cm³/mol. The van der Waals surface area contributed by atoms with E-state index in [1.807, 2.05) is 11.1 Å². The fraction of sp³-hybridized carbons (Fsp3) is 0.429. The highest BCUT2D eigenvalue weighted by Gasteiger charge is 2.20.